The predicted octanol–water partition coefficient (Wildman–Crippen LogP) is 0.469. The first-order chi connectivity index (χ1) is 14.3. The number of aliphatic carboxylic acids is 3. The molecule has 1 fully saturated rings. The van der Waals surface area contributed by atoms with E-state index in [-0.39, 0.29) is 24.2 Å². The summed E-state index contributed by atoms with van der Waals surface area (Å²) in [5.74, 6) is -2.82. The summed E-state index contributed by atoms with van der Waals surface area (Å²) in [6.45, 7) is 14.4. The molecule has 0 saturated carbocycles. The van der Waals surface area contributed by atoms with Crippen LogP contribution in [0.2, 0.25) is 0 Å². The fraction of sp³-hybridized carbons (Fsp3) is 0.857. The summed E-state index contributed by atoms with van der Waals surface area (Å²) in [7, 11) is 0. The summed E-state index contributed by atoms with van der Waals surface area (Å²) < 4.78 is 0. The van der Waals surface area contributed by atoms with E-state index in [4.69, 9.17) is 0 Å². The summed E-state index contributed by atoms with van der Waals surface area (Å²) in [6.07, 6.45) is 0. The fourth-order valence-electron chi connectivity index (χ4n) is 4.27. The van der Waals surface area contributed by atoms with Crippen molar-refractivity contribution in [1.82, 2.24) is 20.0 Å². The van der Waals surface area contributed by atoms with E-state index in [1.54, 1.807) is 20.8 Å². The second-order valence-corrected chi connectivity index (χ2v) is 8.99. The quantitative estimate of drug-likeness (QED) is 0.458. The van der Waals surface area contributed by atoms with Crippen LogP contribution in [0.3, 0.4) is 0 Å². The molecule has 10 heteroatoms. The molecule has 4 N–H and O–H groups in total. The van der Waals surface area contributed by atoms with Crippen LogP contribution in [0.25, 0.3) is 0 Å². The molecule has 10 nitrogen and oxygen atoms in total. The maximum atomic E-state index is 11.8. The van der Waals surface area contributed by atoms with Crippen LogP contribution in [0.4, 0.5) is 0 Å². The van der Waals surface area contributed by atoms with Crippen molar-refractivity contribution in [3.63, 3.8) is 0 Å². The monoisotopic (exact) mass is 444 g/mol. The van der Waals surface area contributed by atoms with Crippen molar-refractivity contribution >= 4 is 17.9 Å². The maximum absolute atomic E-state index is 11.8. The Bertz CT molecular complexity index is 615. The molecule has 0 spiro atoms. The summed E-state index contributed by atoms with van der Waals surface area (Å²) >= 11 is 0. The molecule has 0 aromatic rings. The van der Waals surface area contributed by atoms with E-state index in [1.165, 1.54) is 0 Å². The topological polar surface area (TPSA) is 134 Å². The largest absolute Gasteiger partial charge is 0.480 e. The average Bonchev–Trinajstić information content (AvgIpc) is 2.69. The standard InChI is InChI=1S/C21H40N4O6/c1-12-9-23(16(5)19(26)27)14(3)11-25(18(7)21(30)31)15(4)10-24(13(2)8-22-12)17(6)20(28)29/h12-18,22H,8-11H2,1-7H3,(H,26,27)(H,28,29)(H,30,31)/t12-,13-,14-,15-,16+,17+,18+/m0/s1. The van der Waals surface area contributed by atoms with E-state index in [0.717, 1.165) is 0 Å². The molecule has 0 aromatic carbocycles. The van der Waals surface area contributed by atoms with Crippen LogP contribution in [0.1, 0.15) is 48.5 Å². The average molecular weight is 445 g/mol. The van der Waals surface area contributed by atoms with Crippen molar-refractivity contribution in [3.05, 3.63) is 0 Å². The van der Waals surface area contributed by atoms with E-state index in [2.05, 4.69) is 5.32 Å². The second-order valence-electron chi connectivity index (χ2n) is 8.99. The molecule has 1 saturated heterocycles. The summed E-state index contributed by atoms with van der Waals surface area (Å²) in [5, 5.41) is 32.3. The number of carboxylic acid groups (broad SMARTS) is 3. The minimum Gasteiger partial charge on any atom is -0.480 e. The fourth-order valence-corrected chi connectivity index (χ4v) is 4.27. The number of hydrogen-bond acceptors (Lipinski definition) is 7. The molecule has 0 amide bonds. The smallest absolute Gasteiger partial charge is 0.320 e. The highest BCUT2D eigenvalue weighted by molar-refractivity contribution is 5.74. The van der Waals surface area contributed by atoms with Crippen LogP contribution in [-0.2, 0) is 14.4 Å². The minimum absolute atomic E-state index is 0.0316. The van der Waals surface area contributed by atoms with Gasteiger partial charge < -0.3 is 20.6 Å². The van der Waals surface area contributed by atoms with Crippen LogP contribution >= 0.6 is 0 Å². The molecule has 1 heterocycles. The van der Waals surface area contributed by atoms with Gasteiger partial charge in [-0.2, -0.15) is 0 Å². The number of hydrogen-bond donors (Lipinski definition) is 4. The zero-order valence-corrected chi connectivity index (χ0v) is 19.8. The Morgan fingerprint density at radius 1 is 0.677 bits per heavy atom. The van der Waals surface area contributed by atoms with Crippen molar-refractivity contribution in [2.24, 2.45) is 0 Å². The van der Waals surface area contributed by atoms with E-state index in [0.29, 0.717) is 26.2 Å². The number of rotatable bonds is 6. The van der Waals surface area contributed by atoms with E-state index < -0.39 is 36.0 Å². The van der Waals surface area contributed by atoms with E-state index in [9.17, 15) is 29.7 Å². The van der Waals surface area contributed by atoms with Crippen molar-refractivity contribution < 1.29 is 29.7 Å². The Labute approximate surface area is 185 Å². The molecule has 1 rings (SSSR count). The molecule has 31 heavy (non-hydrogen) atoms. The van der Waals surface area contributed by atoms with Gasteiger partial charge in [0.2, 0.25) is 0 Å². The van der Waals surface area contributed by atoms with Gasteiger partial charge in [-0.05, 0) is 48.5 Å². The Morgan fingerprint density at radius 2 is 1.00 bits per heavy atom. The summed E-state index contributed by atoms with van der Waals surface area (Å²) in [6, 6.07) is -2.86. The Hall–Kier alpha value is -1.75. The zero-order chi connectivity index (χ0) is 24.0. The highest BCUT2D eigenvalue weighted by Gasteiger charge is 2.35. The van der Waals surface area contributed by atoms with E-state index in [1.807, 2.05) is 42.4 Å². The van der Waals surface area contributed by atoms with Gasteiger partial charge in [0.25, 0.3) is 0 Å². The molecule has 0 bridgehead atoms. The van der Waals surface area contributed by atoms with Crippen molar-refractivity contribution in [2.45, 2.75) is 90.8 Å². The minimum atomic E-state index is -0.968. The van der Waals surface area contributed by atoms with E-state index >= 15 is 0 Å². The van der Waals surface area contributed by atoms with Crippen LogP contribution in [0.15, 0.2) is 0 Å². The summed E-state index contributed by atoms with van der Waals surface area (Å²) in [4.78, 5) is 40.9. The van der Waals surface area contributed by atoms with Crippen LogP contribution < -0.4 is 5.32 Å². The molecule has 1 aliphatic heterocycles. The van der Waals surface area contributed by atoms with Crippen LogP contribution in [-0.4, -0.2) is 116 Å². The van der Waals surface area contributed by atoms with Gasteiger partial charge in [-0.15, -0.1) is 0 Å². The van der Waals surface area contributed by atoms with Gasteiger partial charge in [0.1, 0.15) is 18.1 Å². The number of carbonyl (C=O) groups is 3. The zero-order valence-electron chi connectivity index (χ0n) is 19.8. The molecule has 7 atom stereocenters. The third-order valence-corrected chi connectivity index (χ3v) is 6.46. The Kier molecular flexibility index (Phi) is 10.3. The predicted molar refractivity (Wildman–Crippen MR) is 117 cm³/mol. The number of nitrogens with one attached hydrogen (secondary N) is 1. The highest BCUT2D eigenvalue weighted by atomic mass is 16.4. The second kappa shape index (κ2) is 11.8. The molecule has 180 valence electrons. The number of carboxylic acids is 3. The lowest BCUT2D eigenvalue weighted by Gasteiger charge is -2.44. The molecule has 1 aliphatic rings. The van der Waals surface area contributed by atoms with Gasteiger partial charge in [0.15, 0.2) is 0 Å². The third kappa shape index (κ3) is 7.41. The SMILES string of the molecule is C[C@H](C(=O)O)N1C[C@H](C)NC[C@H](C)N([C@H](C)C(=O)O)C[C@H](C)N([C@H](C)C(=O)O)C[C@@H]1C. The van der Waals surface area contributed by atoms with Gasteiger partial charge >= 0.3 is 17.9 Å². The normalized spacial score (nSPS) is 31.1. The van der Waals surface area contributed by atoms with Crippen molar-refractivity contribution in [2.75, 3.05) is 26.2 Å². The Balaban J connectivity index is 3.35. The van der Waals surface area contributed by atoms with Crippen LogP contribution in [0, 0.1) is 0 Å². The molecule has 0 unspecified atom stereocenters. The van der Waals surface area contributed by atoms with Crippen molar-refractivity contribution in [1.29, 1.82) is 0 Å². The summed E-state index contributed by atoms with van der Waals surface area (Å²) in [5.41, 5.74) is 0. The molecular weight excluding hydrogens is 404 g/mol. The first kappa shape index (κ1) is 27.3. The molecule has 0 aromatic heterocycles. The Morgan fingerprint density at radius 3 is 1.35 bits per heavy atom. The first-order valence-corrected chi connectivity index (χ1v) is 11.0. The lowest BCUT2D eigenvalue weighted by Crippen LogP contribution is -2.61. The van der Waals surface area contributed by atoms with Gasteiger partial charge in [0.05, 0.1) is 0 Å². The molecular formula is C21H40N4O6. The van der Waals surface area contributed by atoms with Crippen LogP contribution in [0.5, 0.6) is 0 Å². The molecule has 0 aliphatic carbocycles. The number of nitrogens with zero attached hydrogens (tertiary/aromatic N) is 3. The van der Waals surface area contributed by atoms with Gasteiger partial charge in [0, 0.05) is 50.3 Å². The van der Waals surface area contributed by atoms with Gasteiger partial charge in [-0.25, -0.2) is 0 Å². The van der Waals surface area contributed by atoms with Gasteiger partial charge in [-0.1, -0.05) is 0 Å². The third-order valence-electron chi connectivity index (χ3n) is 6.46. The maximum Gasteiger partial charge on any atom is 0.320 e. The molecule has 0 radical (unpaired) electrons. The highest BCUT2D eigenvalue weighted by Crippen LogP contribution is 2.18. The lowest BCUT2D eigenvalue weighted by atomic mass is 10.1. The van der Waals surface area contributed by atoms with Gasteiger partial charge in [-0.3, -0.25) is 29.1 Å². The van der Waals surface area contributed by atoms with Crippen molar-refractivity contribution in [3.8, 4) is 0 Å². The first-order valence-electron chi connectivity index (χ1n) is 11.0. The lowest BCUT2D eigenvalue weighted by molar-refractivity contribution is -0.148.